The monoisotopic (exact) mass is 415 g/mol. The molecule has 1 aliphatic heterocycles. The van der Waals surface area contributed by atoms with E-state index in [0.717, 1.165) is 10.4 Å². The fraction of sp³-hybridized carbons (Fsp3) is 0.294. The molecule has 1 saturated heterocycles. The Labute approximate surface area is 168 Å². The average Bonchev–Trinajstić information content (AvgIpc) is 3.38. The molecule has 3 heterocycles. The summed E-state index contributed by atoms with van der Waals surface area (Å²) >= 11 is 1.36. The lowest BCUT2D eigenvalue weighted by Gasteiger charge is -2.36. The maximum absolute atomic E-state index is 12.6. The Morgan fingerprint density at radius 3 is 2.45 bits per heavy atom. The highest BCUT2D eigenvalue weighted by Crippen LogP contribution is 2.20. The second kappa shape index (κ2) is 7.83. The van der Waals surface area contributed by atoms with Crippen molar-refractivity contribution in [3.63, 3.8) is 0 Å². The number of carbonyl (C=O) groups is 1. The molecule has 0 N–H and O–H groups in total. The van der Waals surface area contributed by atoms with Crippen LogP contribution in [-0.2, 0) is 11.3 Å². The molecule has 12 heteroatoms. The first-order valence-corrected chi connectivity index (χ1v) is 9.75. The Hall–Kier alpha value is -3.54. The highest BCUT2D eigenvalue weighted by molar-refractivity contribution is 7.12. The van der Waals surface area contributed by atoms with Gasteiger partial charge in [-0.05, 0) is 40.1 Å². The van der Waals surface area contributed by atoms with E-state index in [4.69, 9.17) is 0 Å². The van der Waals surface area contributed by atoms with Gasteiger partial charge in [-0.25, -0.2) is 4.79 Å². The Morgan fingerprint density at radius 2 is 1.83 bits per heavy atom. The molecule has 29 heavy (non-hydrogen) atoms. The molecule has 1 aliphatic rings. The van der Waals surface area contributed by atoms with E-state index < -0.39 is 10.6 Å². The third kappa shape index (κ3) is 3.87. The molecular formula is C17H17N7O4S. The van der Waals surface area contributed by atoms with Crippen LogP contribution in [0.5, 0.6) is 0 Å². The second-order valence-corrected chi connectivity index (χ2v) is 7.35. The molecule has 0 saturated carbocycles. The van der Waals surface area contributed by atoms with E-state index in [2.05, 4.69) is 15.3 Å². The zero-order valence-electron chi connectivity index (χ0n) is 15.2. The lowest BCUT2D eigenvalue weighted by atomic mass is 10.2. The molecule has 11 nitrogen and oxygen atoms in total. The van der Waals surface area contributed by atoms with E-state index in [1.54, 1.807) is 29.2 Å². The van der Waals surface area contributed by atoms with Gasteiger partial charge in [-0.3, -0.25) is 14.9 Å². The highest BCUT2D eigenvalue weighted by atomic mass is 32.1. The summed E-state index contributed by atoms with van der Waals surface area (Å²) < 4.78 is 2.23. The molecule has 1 amide bonds. The van der Waals surface area contributed by atoms with Crippen molar-refractivity contribution < 1.29 is 9.72 Å². The van der Waals surface area contributed by atoms with Crippen molar-refractivity contribution in [2.24, 2.45) is 0 Å². The second-order valence-electron chi connectivity index (χ2n) is 6.42. The first-order chi connectivity index (χ1) is 14.0. The summed E-state index contributed by atoms with van der Waals surface area (Å²) in [5, 5.41) is 20.9. The zero-order valence-corrected chi connectivity index (χ0v) is 16.1. The van der Waals surface area contributed by atoms with E-state index in [1.165, 1.54) is 28.2 Å². The summed E-state index contributed by atoms with van der Waals surface area (Å²) in [5.74, 6) is -0.200. The predicted molar refractivity (Wildman–Crippen MR) is 105 cm³/mol. The Balaban J connectivity index is 1.36. The van der Waals surface area contributed by atoms with Gasteiger partial charge in [0, 0.05) is 44.0 Å². The Morgan fingerprint density at radius 1 is 1.10 bits per heavy atom. The number of rotatable bonds is 5. The number of thiophene rings is 1. The number of carbonyl (C=O) groups excluding carboxylic acids is 1. The predicted octanol–water partition coefficient (Wildman–Crippen LogP) is 0.747. The number of aromatic nitrogens is 4. The van der Waals surface area contributed by atoms with Gasteiger partial charge >= 0.3 is 5.69 Å². The molecule has 0 spiro atoms. The van der Waals surface area contributed by atoms with Gasteiger partial charge in [0.25, 0.3) is 5.69 Å². The van der Waals surface area contributed by atoms with Crippen molar-refractivity contribution in [1.82, 2.24) is 24.7 Å². The molecule has 0 radical (unpaired) electrons. The number of nitro groups is 1. The highest BCUT2D eigenvalue weighted by Gasteiger charge is 2.23. The molecule has 150 valence electrons. The first kappa shape index (κ1) is 18.8. The summed E-state index contributed by atoms with van der Waals surface area (Å²) in [6, 6.07) is 9.91. The molecule has 0 unspecified atom stereocenters. The summed E-state index contributed by atoms with van der Waals surface area (Å²) in [7, 11) is 0. The van der Waals surface area contributed by atoms with Gasteiger partial charge in [0.2, 0.25) is 5.91 Å². The number of hydrogen-bond acceptors (Lipinski definition) is 8. The standard InChI is InChI=1S/C17H17N7O4S/c25-15(12-22-17(26)23(19-18-22)16-2-1-11-29-16)21-9-7-20(8-10-21)13-3-5-14(6-4-13)24(27)28/h1-6,11H,7-10,12H2. The molecule has 0 bridgehead atoms. The van der Waals surface area contributed by atoms with Crippen LogP contribution in [0.4, 0.5) is 11.4 Å². The fourth-order valence-electron chi connectivity index (χ4n) is 3.13. The fourth-order valence-corrected chi connectivity index (χ4v) is 3.80. The van der Waals surface area contributed by atoms with Crippen molar-refractivity contribution in [1.29, 1.82) is 0 Å². The molecular weight excluding hydrogens is 398 g/mol. The number of benzene rings is 1. The number of non-ortho nitro benzene ring substituents is 1. The molecule has 1 fully saturated rings. The van der Waals surface area contributed by atoms with Gasteiger partial charge in [-0.2, -0.15) is 9.36 Å². The van der Waals surface area contributed by atoms with Crippen molar-refractivity contribution in [3.8, 4) is 5.00 Å². The number of piperazine rings is 1. The van der Waals surface area contributed by atoms with Crippen molar-refractivity contribution >= 4 is 28.6 Å². The third-order valence-corrected chi connectivity index (χ3v) is 5.54. The van der Waals surface area contributed by atoms with Crippen LogP contribution in [0.3, 0.4) is 0 Å². The van der Waals surface area contributed by atoms with E-state index in [9.17, 15) is 19.7 Å². The van der Waals surface area contributed by atoms with E-state index in [1.807, 2.05) is 5.38 Å². The van der Waals surface area contributed by atoms with Gasteiger partial charge < -0.3 is 9.80 Å². The molecule has 0 aliphatic carbocycles. The SMILES string of the molecule is O=C(Cn1nnn(-c2cccs2)c1=O)N1CCN(c2ccc([N+](=O)[O-])cc2)CC1. The van der Waals surface area contributed by atoms with Crippen molar-refractivity contribution in [2.75, 3.05) is 31.1 Å². The minimum atomic E-state index is -0.453. The van der Waals surface area contributed by atoms with Crippen LogP contribution >= 0.6 is 11.3 Å². The summed E-state index contributed by atoms with van der Waals surface area (Å²) in [5.41, 5.74) is 0.465. The third-order valence-electron chi connectivity index (χ3n) is 4.70. The van der Waals surface area contributed by atoms with Gasteiger partial charge in [0.1, 0.15) is 11.5 Å². The number of tetrazole rings is 1. The van der Waals surface area contributed by atoms with Crippen LogP contribution in [0.25, 0.3) is 5.00 Å². The van der Waals surface area contributed by atoms with E-state index >= 15 is 0 Å². The summed E-state index contributed by atoms with van der Waals surface area (Å²) in [4.78, 5) is 39.0. The number of amides is 1. The maximum Gasteiger partial charge on any atom is 0.369 e. The van der Waals surface area contributed by atoms with E-state index in [-0.39, 0.29) is 18.1 Å². The minimum Gasteiger partial charge on any atom is -0.368 e. The topological polar surface area (TPSA) is 119 Å². The van der Waals surface area contributed by atoms with Crippen LogP contribution in [0, 0.1) is 10.1 Å². The summed E-state index contributed by atoms with van der Waals surface area (Å²) in [6.45, 7) is 2.01. The van der Waals surface area contributed by atoms with Crippen LogP contribution in [0.1, 0.15) is 0 Å². The summed E-state index contributed by atoms with van der Waals surface area (Å²) in [6.07, 6.45) is 0. The van der Waals surface area contributed by atoms with Crippen molar-refractivity contribution in [3.05, 3.63) is 62.4 Å². The average molecular weight is 415 g/mol. The molecule has 0 atom stereocenters. The molecule has 4 rings (SSSR count). The lowest BCUT2D eigenvalue weighted by molar-refractivity contribution is -0.384. The largest absolute Gasteiger partial charge is 0.369 e. The first-order valence-electron chi connectivity index (χ1n) is 8.87. The quantitative estimate of drug-likeness (QED) is 0.445. The normalized spacial score (nSPS) is 14.2. The Bertz CT molecular complexity index is 1070. The minimum absolute atomic E-state index is 0.0450. The molecule has 2 aromatic heterocycles. The number of nitro benzene ring substituents is 1. The van der Waals surface area contributed by atoms with E-state index in [0.29, 0.717) is 31.2 Å². The van der Waals surface area contributed by atoms with Crippen LogP contribution in [0.2, 0.25) is 0 Å². The van der Waals surface area contributed by atoms with Crippen LogP contribution in [-0.4, -0.2) is 61.7 Å². The zero-order chi connectivity index (χ0) is 20.4. The maximum atomic E-state index is 12.6. The van der Waals surface area contributed by atoms with Crippen molar-refractivity contribution in [2.45, 2.75) is 6.54 Å². The number of nitrogens with zero attached hydrogens (tertiary/aromatic N) is 7. The molecule has 1 aromatic carbocycles. The van der Waals surface area contributed by atoms with Gasteiger partial charge in [-0.15, -0.1) is 11.3 Å². The van der Waals surface area contributed by atoms with Crippen LogP contribution in [0.15, 0.2) is 46.6 Å². The lowest BCUT2D eigenvalue weighted by Crippen LogP contribution is -2.50. The number of anilines is 1. The van der Waals surface area contributed by atoms with Gasteiger partial charge in [0.05, 0.1) is 4.92 Å². The Kier molecular flexibility index (Phi) is 5.08. The van der Waals surface area contributed by atoms with Gasteiger partial charge in [-0.1, -0.05) is 0 Å². The smallest absolute Gasteiger partial charge is 0.368 e. The van der Waals surface area contributed by atoms with Crippen LogP contribution < -0.4 is 10.6 Å². The van der Waals surface area contributed by atoms with Gasteiger partial charge in [0.15, 0.2) is 0 Å². The number of hydrogen-bond donors (Lipinski definition) is 0. The molecule has 3 aromatic rings.